The first-order valence-electron chi connectivity index (χ1n) is 6.98. The van der Waals surface area contributed by atoms with Gasteiger partial charge >= 0.3 is 0 Å². The summed E-state index contributed by atoms with van der Waals surface area (Å²) in [4.78, 5) is 25.5. The average Bonchev–Trinajstić information content (AvgIpc) is 3.10. The number of amides is 1. The first-order valence-corrected chi connectivity index (χ1v) is 8.58. The predicted molar refractivity (Wildman–Crippen MR) is 93.5 cm³/mol. The maximum absolute atomic E-state index is 12.6. The summed E-state index contributed by atoms with van der Waals surface area (Å²) in [6.07, 6.45) is 4.88. The number of carbonyl (C=O) groups is 1. The lowest BCUT2D eigenvalue weighted by Crippen LogP contribution is -2.17. The number of hydrogen-bond acceptors (Lipinski definition) is 6. The first-order chi connectivity index (χ1) is 11.6. The zero-order valence-corrected chi connectivity index (χ0v) is 14.5. The van der Waals surface area contributed by atoms with E-state index >= 15 is 0 Å². The molecule has 1 amide bonds. The number of nitrogens with one attached hydrogen (secondary N) is 1. The molecule has 0 saturated carbocycles. The molecule has 0 radical (unpaired) electrons. The van der Waals surface area contributed by atoms with Gasteiger partial charge in [-0.25, -0.2) is 15.0 Å². The van der Waals surface area contributed by atoms with Gasteiger partial charge in [-0.1, -0.05) is 11.6 Å². The summed E-state index contributed by atoms with van der Waals surface area (Å²) < 4.78 is 5.32. The Balaban J connectivity index is 1.94. The Morgan fingerprint density at radius 2 is 2.12 bits per heavy atom. The molecule has 0 bridgehead atoms. The van der Waals surface area contributed by atoms with Crippen LogP contribution in [0.25, 0.3) is 11.6 Å². The molecule has 0 aliphatic carbocycles. The van der Waals surface area contributed by atoms with E-state index in [1.165, 1.54) is 18.0 Å². The molecule has 0 atom stereocenters. The molecule has 1 N–H and O–H groups in total. The van der Waals surface area contributed by atoms with E-state index in [0.717, 1.165) is 0 Å². The molecule has 0 unspecified atom stereocenters. The van der Waals surface area contributed by atoms with Crippen LogP contribution in [0.1, 0.15) is 16.1 Å². The van der Waals surface area contributed by atoms with Crippen molar-refractivity contribution in [1.82, 2.24) is 15.0 Å². The standard InChI is InChI=1S/C16H13ClN4O2S/c1-9-13(15(22)20-12-6-5-10(17)8-18-12)16(24-2)21-14(19-9)11-4-3-7-23-11/h3-8H,1-2H3,(H,18,20,22). The van der Waals surface area contributed by atoms with Gasteiger partial charge in [-0.15, -0.1) is 11.8 Å². The van der Waals surface area contributed by atoms with E-state index in [4.69, 9.17) is 16.0 Å². The average molecular weight is 361 g/mol. The molecule has 8 heteroatoms. The van der Waals surface area contributed by atoms with Crippen LogP contribution in [-0.2, 0) is 0 Å². The van der Waals surface area contributed by atoms with E-state index in [1.807, 2.05) is 6.26 Å². The summed E-state index contributed by atoms with van der Waals surface area (Å²) >= 11 is 7.16. The van der Waals surface area contributed by atoms with Gasteiger partial charge in [0.25, 0.3) is 5.91 Å². The largest absolute Gasteiger partial charge is 0.461 e. The summed E-state index contributed by atoms with van der Waals surface area (Å²) in [6, 6.07) is 6.82. The molecular weight excluding hydrogens is 348 g/mol. The van der Waals surface area contributed by atoms with E-state index in [2.05, 4.69) is 20.3 Å². The van der Waals surface area contributed by atoms with E-state index in [9.17, 15) is 4.79 Å². The molecular formula is C16H13ClN4O2S. The van der Waals surface area contributed by atoms with E-state index in [1.54, 1.807) is 37.5 Å². The fourth-order valence-electron chi connectivity index (χ4n) is 2.10. The number of halogens is 1. The van der Waals surface area contributed by atoms with Crippen LogP contribution in [0.15, 0.2) is 46.2 Å². The number of nitrogens with zero attached hydrogens (tertiary/aromatic N) is 3. The molecule has 0 aliphatic heterocycles. The number of anilines is 1. The van der Waals surface area contributed by atoms with Crippen LogP contribution >= 0.6 is 23.4 Å². The molecule has 0 aromatic carbocycles. The number of furan rings is 1. The summed E-state index contributed by atoms with van der Waals surface area (Å²) in [7, 11) is 0. The number of pyridine rings is 1. The highest BCUT2D eigenvalue weighted by Gasteiger charge is 2.20. The van der Waals surface area contributed by atoms with Crippen molar-refractivity contribution >= 4 is 35.1 Å². The number of aryl methyl sites for hydroxylation is 1. The van der Waals surface area contributed by atoms with Crippen molar-refractivity contribution in [3.63, 3.8) is 0 Å². The lowest BCUT2D eigenvalue weighted by molar-refractivity contribution is 0.102. The van der Waals surface area contributed by atoms with Crippen molar-refractivity contribution in [2.24, 2.45) is 0 Å². The highest BCUT2D eigenvalue weighted by Crippen LogP contribution is 2.25. The lowest BCUT2D eigenvalue weighted by Gasteiger charge is -2.11. The third kappa shape index (κ3) is 3.42. The number of carbonyl (C=O) groups excluding carboxylic acids is 1. The highest BCUT2D eigenvalue weighted by molar-refractivity contribution is 7.98. The zero-order valence-electron chi connectivity index (χ0n) is 12.9. The normalized spacial score (nSPS) is 10.6. The second-order valence-corrected chi connectivity index (χ2v) is 6.04. The Labute approximate surface area is 147 Å². The molecule has 6 nitrogen and oxygen atoms in total. The minimum atomic E-state index is -0.322. The van der Waals surface area contributed by atoms with Gasteiger partial charge < -0.3 is 9.73 Å². The van der Waals surface area contributed by atoms with Crippen LogP contribution in [0, 0.1) is 6.92 Å². The number of hydrogen-bond donors (Lipinski definition) is 1. The summed E-state index contributed by atoms with van der Waals surface area (Å²) in [5.74, 6) is 1.09. The Morgan fingerprint density at radius 1 is 1.29 bits per heavy atom. The molecule has 0 saturated heterocycles. The number of aromatic nitrogens is 3. The predicted octanol–water partition coefficient (Wildman–Crippen LogP) is 4.07. The molecule has 3 heterocycles. The first kappa shape index (κ1) is 16.5. The summed E-state index contributed by atoms with van der Waals surface area (Å²) in [5, 5.41) is 3.80. The van der Waals surface area contributed by atoms with Crippen LogP contribution in [-0.4, -0.2) is 27.1 Å². The fraction of sp³-hybridized carbons (Fsp3) is 0.125. The van der Waals surface area contributed by atoms with Crippen LogP contribution < -0.4 is 5.32 Å². The van der Waals surface area contributed by atoms with E-state index < -0.39 is 0 Å². The van der Waals surface area contributed by atoms with Gasteiger partial charge in [-0.05, 0) is 37.4 Å². The monoisotopic (exact) mass is 360 g/mol. The minimum Gasteiger partial charge on any atom is -0.461 e. The minimum absolute atomic E-state index is 0.322. The van der Waals surface area contributed by atoms with Gasteiger partial charge in [0, 0.05) is 6.20 Å². The van der Waals surface area contributed by atoms with Gasteiger partial charge in [0.2, 0.25) is 0 Å². The Hall–Kier alpha value is -2.38. The third-order valence-corrected chi connectivity index (χ3v) is 4.09. The van der Waals surface area contributed by atoms with Gasteiger partial charge in [0.15, 0.2) is 11.6 Å². The molecule has 122 valence electrons. The second kappa shape index (κ2) is 7.02. The van der Waals surface area contributed by atoms with Crippen molar-refractivity contribution in [2.45, 2.75) is 11.9 Å². The molecule has 0 aliphatic rings. The quantitative estimate of drug-likeness (QED) is 0.558. The number of thioether (sulfide) groups is 1. The van der Waals surface area contributed by atoms with Gasteiger partial charge in [-0.2, -0.15) is 0 Å². The third-order valence-electron chi connectivity index (χ3n) is 3.19. The molecule has 3 rings (SSSR count). The Morgan fingerprint density at radius 3 is 2.75 bits per heavy atom. The van der Waals surface area contributed by atoms with Crippen molar-refractivity contribution in [3.8, 4) is 11.6 Å². The van der Waals surface area contributed by atoms with Gasteiger partial charge in [-0.3, -0.25) is 4.79 Å². The molecule has 3 aromatic heterocycles. The maximum atomic E-state index is 12.6. The van der Waals surface area contributed by atoms with Crippen molar-refractivity contribution in [3.05, 3.63) is 53.0 Å². The Kier molecular flexibility index (Phi) is 4.82. The second-order valence-electron chi connectivity index (χ2n) is 4.81. The molecule has 3 aromatic rings. The highest BCUT2D eigenvalue weighted by atomic mass is 35.5. The van der Waals surface area contributed by atoms with Crippen LogP contribution in [0.5, 0.6) is 0 Å². The topological polar surface area (TPSA) is 80.9 Å². The fourth-order valence-corrected chi connectivity index (χ4v) is 2.83. The van der Waals surface area contributed by atoms with E-state index in [0.29, 0.717) is 38.7 Å². The maximum Gasteiger partial charge on any atom is 0.261 e. The van der Waals surface area contributed by atoms with Crippen molar-refractivity contribution in [2.75, 3.05) is 11.6 Å². The Bertz CT molecular complexity index is 867. The van der Waals surface area contributed by atoms with Crippen LogP contribution in [0.4, 0.5) is 5.82 Å². The molecule has 24 heavy (non-hydrogen) atoms. The number of rotatable bonds is 4. The summed E-state index contributed by atoms with van der Waals surface area (Å²) in [6.45, 7) is 1.76. The molecule has 0 fully saturated rings. The van der Waals surface area contributed by atoms with Gasteiger partial charge in [0.05, 0.1) is 22.5 Å². The zero-order chi connectivity index (χ0) is 17.1. The lowest BCUT2D eigenvalue weighted by atomic mass is 10.2. The van der Waals surface area contributed by atoms with Gasteiger partial charge in [0.1, 0.15) is 10.8 Å². The summed E-state index contributed by atoms with van der Waals surface area (Å²) in [5.41, 5.74) is 0.974. The smallest absolute Gasteiger partial charge is 0.261 e. The molecule has 0 spiro atoms. The van der Waals surface area contributed by atoms with E-state index in [-0.39, 0.29) is 5.91 Å². The van der Waals surface area contributed by atoms with Crippen molar-refractivity contribution in [1.29, 1.82) is 0 Å². The van der Waals surface area contributed by atoms with Crippen LogP contribution in [0.3, 0.4) is 0 Å². The SMILES string of the molecule is CSc1nc(-c2ccco2)nc(C)c1C(=O)Nc1ccc(Cl)cn1. The van der Waals surface area contributed by atoms with Crippen molar-refractivity contribution < 1.29 is 9.21 Å². The van der Waals surface area contributed by atoms with Crippen LogP contribution in [0.2, 0.25) is 5.02 Å².